The predicted octanol–water partition coefficient (Wildman–Crippen LogP) is 8.40. The molecular weight excluding hydrogens is 452 g/mol. The van der Waals surface area contributed by atoms with Crippen LogP contribution in [-0.4, -0.2) is 29.3 Å². The van der Waals surface area contributed by atoms with E-state index in [2.05, 4.69) is 18.2 Å². The van der Waals surface area contributed by atoms with E-state index in [9.17, 15) is 9.59 Å². The van der Waals surface area contributed by atoms with Crippen molar-refractivity contribution in [1.29, 1.82) is 0 Å². The molecule has 1 aromatic rings. The Kier molecular flexibility index (Phi) is 7.91. The average molecular weight is 491 g/mol. The lowest BCUT2D eigenvalue weighted by atomic mass is 9.74. The highest BCUT2D eigenvalue weighted by molar-refractivity contribution is 8.18. The maximum atomic E-state index is 12.4. The molecule has 5 rings (SSSR count). The van der Waals surface area contributed by atoms with Crippen molar-refractivity contribution >= 4 is 46.5 Å². The summed E-state index contributed by atoms with van der Waals surface area (Å²) in [7, 11) is 1.54. The van der Waals surface area contributed by atoms with Gasteiger partial charge in [0.2, 0.25) is 0 Å². The van der Waals surface area contributed by atoms with Gasteiger partial charge in [-0.05, 0) is 71.7 Å². The number of aliphatic imine (C=N–C) groups is 1. The number of rotatable bonds is 3. The highest BCUT2D eigenvalue weighted by atomic mass is 32.2. The molecule has 5 heteroatoms. The zero-order chi connectivity index (χ0) is 24.2. The minimum Gasteiger partial charge on any atom is -0.272 e. The van der Waals surface area contributed by atoms with Gasteiger partial charge in [0.15, 0.2) is 0 Å². The number of amides is 2. The molecule has 2 aliphatic heterocycles. The lowest BCUT2D eigenvalue weighted by molar-refractivity contribution is -0.121. The third-order valence-electron chi connectivity index (χ3n) is 8.55. The molecule has 0 spiro atoms. The van der Waals surface area contributed by atoms with Crippen LogP contribution in [0.1, 0.15) is 94.6 Å². The van der Waals surface area contributed by atoms with Crippen LogP contribution < -0.4 is 0 Å². The maximum Gasteiger partial charge on any atom is 0.293 e. The summed E-state index contributed by atoms with van der Waals surface area (Å²) in [5, 5.41) is -0.210. The van der Waals surface area contributed by atoms with Crippen LogP contribution in [0, 0.1) is 17.8 Å². The number of hydrogen-bond acceptors (Lipinski definition) is 4. The number of nitrogens with zero attached hydrogens (tertiary/aromatic N) is 2. The molecule has 35 heavy (non-hydrogen) atoms. The molecule has 0 N–H and O–H groups in total. The molecule has 0 atom stereocenters. The van der Waals surface area contributed by atoms with Crippen molar-refractivity contribution in [2.45, 2.75) is 83.5 Å². The minimum absolute atomic E-state index is 0.210. The van der Waals surface area contributed by atoms with Gasteiger partial charge in [-0.25, -0.2) is 0 Å². The number of carbonyl (C=O) groups excluding carboxylic acids is 2. The van der Waals surface area contributed by atoms with Gasteiger partial charge in [0.1, 0.15) is 0 Å². The van der Waals surface area contributed by atoms with Crippen molar-refractivity contribution in [2.24, 2.45) is 22.7 Å². The van der Waals surface area contributed by atoms with Crippen LogP contribution in [-0.2, 0) is 4.79 Å². The van der Waals surface area contributed by atoms with Gasteiger partial charge in [-0.2, -0.15) is 0 Å². The molecule has 2 heterocycles. The van der Waals surface area contributed by atoms with Crippen LogP contribution in [0.15, 0.2) is 34.2 Å². The van der Waals surface area contributed by atoms with Gasteiger partial charge in [-0.15, -0.1) is 0 Å². The van der Waals surface area contributed by atoms with E-state index in [1.165, 1.54) is 93.1 Å². The molecule has 2 amide bonds. The Bertz CT molecular complexity index is 1040. The van der Waals surface area contributed by atoms with Gasteiger partial charge in [0, 0.05) is 25.2 Å². The molecular formula is C30H38N2O2S. The lowest BCUT2D eigenvalue weighted by Crippen LogP contribution is -2.22. The van der Waals surface area contributed by atoms with Crippen LogP contribution in [0.3, 0.4) is 0 Å². The Balaban J connectivity index is 1.32. The Labute approximate surface area is 214 Å². The highest BCUT2D eigenvalue weighted by Crippen LogP contribution is 2.43. The summed E-state index contributed by atoms with van der Waals surface area (Å²) < 4.78 is 0. The Morgan fingerprint density at radius 1 is 0.914 bits per heavy atom. The smallest absolute Gasteiger partial charge is 0.272 e. The fourth-order valence-electron chi connectivity index (χ4n) is 6.62. The summed E-state index contributed by atoms with van der Waals surface area (Å²) in [5.41, 5.74) is 4.62. The first-order valence-corrected chi connectivity index (χ1v) is 14.5. The maximum absolute atomic E-state index is 12.4. The Morgan fingerprint density at radius 3 is 2.26 bits per heavy atom. The van der Waals surface area contributed by atoms with E-state index in [0.29, 0.717) is 10.8 Å². The minimum atomic E-state index is -0.216. The normalized spacial score (nSPS) is 27.7. The number of benzene rings is 1. The third kappa shape index (κ3) is 5.66. The first-order valence-electron chi connectivity index (χ1n) is 13.7. The molecule has 4 aliphatic rings. The Hall–Kier alpha value is -2.14. The molecule has 2 saturated carbocycles. The molecule has 2 aliphatic carbocycles. The van der Waals surface area contributed by atoms with Gasteiger partial charge in [-0.3, -0.25) is 19.5 Å². The summed E-state index contributed by atoms with van der Waals surface area (Å²) in [6.45, 7) is 0. The van der Waals surface area contributed by atoms with Crippen LogP contribution >= 0.6 is 11.8 Å². The van der Waals surface area contributed by atoms with Crippen molar-refractivity contribution in [3.63, 3.8) is 0 Å². The van der Waals surface area contributed by atoms with E-state index in [-0.39, 0.29) is 11.1 Å². The number of carbonyl (C=O) groups is 2. The average Bonchev–Trinajstić information content (AvgIpc) is 3.12. The van der Waals surface area contributed by atoms with Crippen LogP contribution in [0.2, 0.25) is 0 Å². The molecule has 1 saturated heterocycles. The molecule has 0 radical (unpaired) electrons. The zero-order valence-electron chi connectivity index (χ0n) is 21.0. The van der Waals surface area contributed by atoms with Crippen molar-refractivity contribution < 1.29 is 9.59 Å². The van der Waals surface area contributed by atoms with Gasteiger partial charge >= 0.3 is 0 Å². The molecule has 0 unspecified atom stereocenters. The van der Waals surface area contributed by atoms with Crippen LogP contribution in [0.4, 0.5) is 10.5 Å². The summed E-state index contributed by atoms with van der Waals surface area (Å²) in [6, 6.07) is 6.26. The highest BCUT2D eigenvalue weighted by Gasteiger charge is 2.32. The first kappa shape index (κ1) is 24.5. The number of thioether (sulfide) groups is 1. The number of imide groups is 1. The molecule has 4 nitrogen and oxygen atoms in total. The second-order valence-corrected chi connectivity index (χ2v) is 11.8. The second-order valence-electron chi connectivity index (χ2n) is 10.8. The summed E-state index contributed by atoms with van der Waals surface area (Å²) in [6.07, 6.45) is 23.8. The summed E-state index contributed by atoms with van der Waals surface area (Å²) in [5.74, 6) is 2.27. The molecule has 0 bridgehead atoms. The van der Waals surface area contributed by atoms with Gasteiger partial charge < -0.3 is 0 Å². The summed E-state index contributed by atoms with van der Waals surface area (Å²) >= 11 is 1.02. The van der Waals surface area contributed by atoms with E-state index in [0.717, 1.165) is 41.3 Å². The van der Waals surface area contributed by atoms with Gasteiger partial charge in [0.25, 0.3) is 11.1 Å². The number of fused-ring (bicyclic) bond motifs is 1. The third-order valence-corrected chi connectivity index (χ3v) is 9.51. The zero-order valence-corrected chi connectivity index (χ0v) is 21.8. The van der Waals surface area contributed by atoms with E-state index < -0.39 is 0 Å². The topological polar surface area (TPSA) is 49.7 Å². The second kappa shape index (κ2) is 11.3. The standard InChI is InChI=1S/C30H38N2O2S/c1-32-29(33)28(35-30(32)34)20-21-16-17-27-26(19-21)25(15-8-18-31-27)24-13-6-11-23(12-7-14-24)22-9-4-2-3-5-10-22/h15-20,22-24H,2-14H2,1H3. The molecule has 0 aromatic heterocycles. The lowest BCUT2D eigenvalue weighted by Gasteiger charge is -2.31. The summed E-state index contributed by atoms with van der Waals surface area (Å²) in [4.78, 5) is 30.7. The molecule has 3 fully saturated rings. The predicted molar refractivity (Wildman–Crippen MR) is 147 cm³/mol. The van der Waals surface area contributed by atoms with E-state index >= 15 is 0 Å². The van der Waals surface area contributed by atoms with Crippen LogP contribution in [0.5, 0.6) is 0 Å². The monoisotopic (exact) mass is 490 g/mol. The fraction of sp³-hybridized carbons (Fsp3) is 0.567. The van der Waals surface area contributed by atoms with Crippen LogP contribution in [0.25, 0.3) is 11.6 Å². The van der Waals surface area contributed by atoms with Crippen molar-refractivity contribution in [1.82, 2.24) is 4.90 Å². The Morgan fingerprint density at radius 2 is 1.60 bits per heavy atom. The van der Waals surface area contributed by atoms with Crippen molar-refractivity contribution in [2.75, 3.05) is 7.05 Å². The fourth-order valence-corrected chi connectivity index (χ4v) is 7.44. The largest absolute Gasteiger partial charge is 0.293 e. The number of likely N-dealkylation sites (N-methyl/N-ethyl adjacent to an activating group) is 1. The quantitative estimate of drug-likeness (QED) is 0.316. The van der Waals surface area contributed by atoms with E-state index in [1.54, 1.807) is 7.05 Å². The number of allylic oxidation sites excluding steroid dienone is 2. The SMILES string of the molecule is CN1C(=O)SC(=Cc2ccc3c(c2)C(C2CCCC(C4CCCCCC4)CCC2)=CCC=N3)C1=O. The number of hydrogen-bond donors (Lipinski definition) is 0. The van der Waals surface area contributed by atoms with Gasteiger partial charge in [-0.1, -0.05) is 76.4 Å². The first-order chi connectivity index (χ1) is 17.1. The molecule has 1 aromatic carbocycles. The van der Waals surface area contributed by atoms with E-state index in [1.807, 2.05) is 18.4 Å². The van der Waals surface area contributed by atoms with Gasteiger partial charge in [0.05, 0.1) is 10.6 Å². The van der Waals surface area contributed by atoms with Crippen molar-refractivity contribution in [3.05, 3.63) is 40.3 Å². The molecule has 186 valence electrons. The van der Waals surface area contributed by atoms with E-state index in [4.69, 9.17) is 4.99 Å². The van der Waals surface area contributed by atoms with Crippen molar-refractivity contribution in [3.8, 4) is 0 Å².